The molecular weight excluding hydrogens is 317 g/mol. The van der Waals surface area contributed by atoms with Gasteiger partial charge in [-0.3, -0.25) is 8.42 Å². The summed E-state index contributed by atoms with van der Waals surface area (Å²) in [6.07, 6.45) is 0. The molecule has 0 bridgehead atoms. The van der Waals surface area contributed by atoms with Gasteiger partial charge < -0.3 is 9.11 Å². The second-order valence-corrected chi connectivity index (χ2v) is 1.22. The maximum atomic E-state index is 8.52. The van der Waals surface area contributed by atoms with Gasteiger partial charge in [0.15, 0.2) is 0 Å². The van der Waals surface area contributed by atoms with Crippen molar-refractivity contribution in [1.29, 1.82) is 0 Å². The Kier molecular flexibility index (Phi) is 7.48. The van der Waals surface area contributed by atoms with E-state index in [-0.39, 0.29) is 0 Å². The van der Waals surface area contributed by atoms with Gasteiger partial charge in [0, 0.05) is 10.4 Å². The van der Waals surface area contributed by atoms with Gasteiger partial charge in [0.05, 0.1) is 0 Å². The van der Waals surface area contributed by atoms with Crippen molar-refractivity contribution in [3.63, 3.8) is 0 Å². The van der Waals surface area contributed by atoms with E-state index in [1.54, 1.807) is 0 Å². The summed E-state index contributed by atoms with van der Waals surface area (Å²) in [4.78, 5) is 0. The Bertz CT molecular complexity index is 94.9. The van der Waals surface area contributed by atoms with E-state index in [0.717, 1.165) is 0 Å². The fraction of sp³-hybridized carbons (Fsp3) is 1.00. The van der Waals surface area contributed by atoms with E-state index in [1.807, 2.05) is 0 Å². The van der Waals surface area contributed by atoms with Crippen molar-refractivity contribution in [2.45, 2.75) is 4.63 Å². The Labute approximate surface area is 57.3 Å². The van der Waals surface area contributed by atoms with E-state index in [1.165, 1.54) is 24.7 Å². The molecule has 0 heterocycles. The summed E-state index contributed by atoms with van der Waals surface area (Å²) < 4.78 is 36.2. The first-order valence-electron chi connectivity index (χ1n) is 1.11. The molecule has 0 aliphatic heterocycles. The number of hydrogen-bond acceptors (Lipinski definition) is 4. The fourth-order valence-corrected chi connectivity index (χ4v) is 0. The molecule has 6 heteroatoms. The van der Waals surface area contributed by atoms with Gasteiger partial charge in [-0.15, -0.1) is 0 Å². The van der Waals surface area contributed by atoms with E-state index in [0.29, 0.717) is 0 Å². The van der Waals surface area contributed by atoms with Crippen molar-refractivity contribution in [3.8, 4) is 0 Å². The zero-order chi connectivity index (χ0) is 6.50. The van der Waals surface area contributed by atoms with Gasteiger partial charge in [0.2, 0.25) is 0 Å². The van der Waals surface area contributed by atoms with Gasteiger partial charge in [-0.2, -0.15) is 0 Å². The Morgan fingerprint density at radius 1 is 1.29 bits per heavy atom. The topological polar surface area (TPSA) is 80.3 Å². The molecule has 0 aromatic carbocycles. The molecule has 42 valence electrons. The molecular formula is CH3BiO4S. The summed E-state index contributed by atoms with van der Waals surface area (Å²) in [6.45, 7) is 0. The van der Waals surface area contributed by atoms with Gasteiger partial charge in [-0.25, -0.2) is 0 Å². The Morgan fingerprint density at radius 3 is 1.29 bits per heavy atom. The van der Waals surface area contributed by atoms with Gasteiger partial charge in [-0.1, -0.05) is 0 Å². The van der Waals surface area contributed by atoms with Crippen molar-refractivity contribution < 1.29 is 17.5 Å². The molecule has 7 heavy (non-hydrogen) atoms. The quantitative estimate of drug-likeness (QED) is 0.321. The molecule has 0 unspecified atom stereocenters. The van der Waals surface area contributed by atoms with Crippen LogP contribution in [0.5, 0.6) is 0 Å². The molecule has 0 aliphatic carbocycles. The molecule has 4 nitrogen and oxygen atoms in total. The maximum absolute atomic E-state index is 8.52. The van der Waals surface area contributed by atoms with Crippen LogP contribution >= 0.6 is 0 Å². The van der Waals surface area contributed by atoms with Gasteiger partial charge in [-0.05, 0) is 0 Å². The molecule has 0 rings (SSSR count). The van der Waals surface area contributed by atoms with Crippen molar-refractivity contribution in [2.75, 3.05) is 0 Å². The molecule has 0 saturated heterocycles. The Balaban J connectivity index is 0. The van der Waals surface area contributed by atoms with Crippen molar-refractivity contribution in [1.82, 2.24) is 0 Å². The predicted molar refractivity (Wildman–Crippen MR) is 22.1 cm³/mol. The summed E-state index contributed by atoms with van der Waals surface area (Å²) >= 11 is 1.44. The van der Waals surface area contributed by atoms with Crippen LogP contribution in [0, 0.1) is 0 Å². The van der Waals surface area contributed by atoms with E-state index < -0.39 is 10.4 Å². The zero-order valence-corrected chi connectivity index (χ0v) is 7.78. The van der Waals surface area contributed by atoms with Crippen LogP contribution in [0.2, 0.25) is 4.63 Å². The van der Waals surface area contributed by atoms with Crippen molar-refractivity contribution in [2.24, 2.45) is 0 Å². The van der Waals surface area contributed by atoms with Crippen LogP contribution in [0.25, 0.3) is 0 Å². The van der Waals surface area contributed by atoms with Gasteiger partial charge >= 0.3 is 29.4 Å². The molecule has 2 radical (unpaired) electrons. The average Bonchev–Trinajstić information content (AvgIpc) is 1.36. The van der Waals surface area contributed by atoms with Crippen LogP contribution in [0.15, 0.2) is 0 Å². The van der Waals surface area contributed by atoms with E-state index in [9.17, 15) is 0 Å². The first-order chi connectivity index (χ1) is 3.00. The summed E-state index contributed by atoms with van der Waals surface area (Å²) in [7, 11) is -5.17. The fourth-order valence-electron chi connectivity index (χ4n) is 0. The zero-order valence-electron chi connectivity index (χ0n) is 3.49. The number of rotatable bonds is 0. The van der Waals surface area contributed by atoms with Crippen molar-refractivity contribution >= 4 is 35.1 Å². The Hall–Kier alpha value is 0.753. The first kappa shape index (κ1) is 10.7. The summed E-state index contributed by atoms with van der Waals surface area (Å²) in [5, 5.41) is 0. The summed E-state index contributed by atoms with van der Waals surface area (Å²) in [5.74, 6) is 0. The third-order valence-corrected chi connectivity index (χ3v) is 0. The second kappa shape index (κ2) is 4.90. The molecule has 0 saturated carbocycles. The molecule has 0 spiro atoms. The molecule has 0 aromatic heterocycles. The van der Waals surface area contributed by atoms with E-state index in [2.05, 4.69) is 4.63 Å². The number of hydrogen-bond donors (Lipinski definition) is 0. The van der Waals surface area contributed by atoms with E-state index in [4.69, 9.17) is 17.5 Å². The standard InChI is InChI=1S/CH3.Bi.H2O4S/c;;1-5(2,3)4/h1H3;;(H2,1,2,3,4)/q;+2;/p-2. The molecule has 0 N–H and O–H groups in total. The third kappa shape index (κ3) is 269. The molecule has 0 fully saturated rings. The SMILES string of the molecule is O=S(=O)([O-])[O-].[CH3][Bi+2]. The predicted octanol–water partition coefficient (Wildman–Crippen LogP) is -1.13. The van der Waals surface area contributed by atoms with Crippen LogP contribution in [0.4, 0.5) is 0 Å². The third-order valence-electron chi connectivity index (χ3n) is 0. The summed E-state index contributed by atoms with van der Waals surface area (Å²) in [6, 6.07) is 0. The van der Waals surface area contributed by atoms with Crippen LogP contribution < -0.4 is 0 Å². The molecule has 0 atom stereocenters. The minimum absolute atomic E-state index is 1.44. The van der Waals surface area contributed by atoms with Gasteiger partial charge in [0.25, 0.3) is 0 Å². The second-order valence-electron chi connectivity index (χ2n) is 0.408. The van der Waals surface area contributed by atoms with Crippen molar-refractivity contribution in [3.05, 3.63) is 0 Å². The molecule has 0 aliphatic rings. The van der Waals surface area contributed by atoms with Crippen LogP contribution in [-0.4, -0.2) is 42.2 Å². The van der Waals surface area contributed by atoms with Crippen LogP contribution in [-0.2, 0) is 10.4 Å². The van der Waals surface area contributed by atoms with Gasteiger partial charge in [0.1, 0.15) is 0 Å². The van der Waals surface area contributed by atoms with E-state index >= 15 is 0 Å². The average molecular weight is 320 g/mol. The minimum atomic E-state index is -5.17. The Morgan fingerprint density at radius 2 is 1.29 bits per heavy atom. The van der Waals surface area contributed by atoms with Crippen LogP contribution in [0.3, 0.4) is 0 Å². The normalized spacial score (nSPS) is 9.00. The molecule has 0 amide bonds. The summed E-state index contributed by atoms with van der Waals surface area (Å²) in [5.41, 5.74) is 0. The first-order valence-corrected chi connectivity index (χ1v) is 5.92. The monoisotopic (exact) mass is 320 g/mol. The van der Waals surface area contributed by atoms with Crippen LogP contribution in [0.1, 0.15) is 0 Å². The molecule has 0 aromatic rings.